The highest BCUT2D eigenvalue weighted by molar-refractivity contribution is 5.85. The monoisotopic (exact) mass is 265 g/mol. The summed E-state index contributed by atoms with van der Waals surface area (Å²) in [6, 6.07) is -0.808. The summed E-state index contributed by atoms with van der Waals surface area (Å²) in [5.74, 6) is -2.99. The smallest absolute Gasteiger partial charge is 0.471 e. The summed E-state index contributed by atoms with van der Waals surface area (Å²) in [5, 5.41) is 9.14. The summed E-state index contributed by atoms with van der Waals surface area (Å²) >= 11 is 0. The van der Waals surface area contributed by atoms with Crippen LogP contribution < -0.4 is 0 Å². The second kappa shape index (κ2) is 4.13. The van der Waals surface area contributed by atoms with Crippen molar-refractivity contribution in [2.45, 2.75) is 44.3 Å². The zero-order valence-electron chi connectivity index (χ0n) is 9.66. The summed E-state index contributed by atoms with van der Waals surface area (Å²) in [4.78, 5) is 23.2. The zero-order chi connectivity index (χ0) is 13.6. The molecule has 1 aliphatic heterocycles. The van der Waals surface area contributed by atoms with Gasteiger partial charge in [-0.1, -0.05) is 0 Å². The molecule has 1 saturated heterocycles. The van der Waals surface area contributed by atoms with Crippen LogP contribution in [0, 0.1) is 5.41 Å². The highest BCUT2D eigenvalue weighted by Gasteiger charge is 2.60. The molecule has 0 aromatic rings. The number of aliphatic carboxylic acids is 1. The average Bonchev–Trinajstić information content (AvgIpc) is 3.08. The van der Waals surface area contributed by atoms with Crippen molar-refractivity contribution in [1.82, 2.24) is 4.90 Å². The number of carboxylic acids is 1. The molecule has 7 heteroatoms. The molecule has 2 rings (SSSR count). The number of hydrogen-bond donors (Lipinski definition) is 1. The van der Waals surface area contributed by atoms with E-state index in [2.05, 4.69) is 0 Å². The Morgan fingerprint density at radius 3 is 2.28 bits per heavy atom. The van der Waals surface area contributed by atoms with Gasteiger partial charge < -0.3 is 10.0 Å². The van der Waals surface area contributed by atoms with Crippen molar-refractivity contribution in [1.29, 1.82) is 0 Å². The maximum absolute atomic E-state index is 12.5. The highest BCUT2D eigenvalue weighted by atomic mass is 19.4. The fourth-order valence-corrected chi connectivity index (χ4v) is 2.74. The number of alkyl halides is 3. The van der Waals surface area contributed by atoms with Gasteiger partial charge in [-0.15, -0.1) is 0 Å². The minimum atomic E-state index is -4.93. The van der Waals surface area contributed by atoms with E-state index in [0.29, 0.717) is 32.1 Å². The van der Waals surface area contributed by atoms with Crippen LogP contribution in [-0.2, 0) is 9.59 Å². The molecule has 0 aromatic carbocycles. The third-order valence-electron chi connectivity index (χ3n) is 3.86. The second-order valence-electron chi connectivity index (χ2n) is 4.97. The normalized spacial score (nSPS) is 26.8. The number of carbonyl (C=O) groups is 2. The maximum atomic E-state index is 12.5. The first-order valence-electron chi connectivity index (χ1n) is 5.90. The SMILES string of the molecule is O=C(N1CCCCC1C1(C(=O)O)CC1)C(F)(F)F. The lowest BCUT2D eigenvalue weighted by Gasteiger charge is -2.39. The number of carbonyl (C=O) groups excluding carboxylic acids is 1. The van der Waals surface area contributed by atoms with E-state index in [0.717, 1.165) is 4.90 Å². The lowest BCUT2D eigenvalue weighted by Crippen LogP contribution is -2.54. The minimum Gasteiger partial charge on any atom is -0.481 e. The maximum Gasteiger partial charge on any atom is 0.471 e. The molecular formula is C11H14F3NO3. The average molecular weight is 265 g/mol. The number of likely N-dealkylation sites (tertiary alicyclic amines) is 1. The number of nitrogens with zero attached hydrogens (tertiary/aromatic N) is 1. The van der Waals surface area contributed by atoms with Gasteiger partial charge in [0.25, 0.3) is 0 Å². The van der Waals surface area contributed by atoms with Crippen molar-refractivity contribution in [2.75, 3.05) is 6.54 Å². The minimum absolute atomic E-state index is 0.00194. The van der Waals surface area contributed by atoms with Crippen LogP contribution in [0.15, 0.2) is 0 Å². The molecule has 18 heavy (non-hydrogen) atoms. The van der Waals surface area contributed by atoms with Gasteiger partial charge in [-0.2, -0.15) is 13.2 Å². The number of carboxylic acid groups (broad SMARTS) is 1. The molecule has 1 aliphatic carbocycles. The van der Waals surface area contributed by atoms with E-state index in [9.17, 15) is 22.8 Å². The fourth-order valence-electron chi connectivity index (χ4n) is 2.74. The number of halogens is 3. The lowest BCUT2D eigenvalue weighted by molar-refractivity contribution is -0.191. The van der Waals surface area contributed by atoms with Crippen LogP contribution in [0.3, 0.4) is 0 Å². The molecule has 1 saturated carbocycles. The van der Waals surface area contributed by atoms with Gasteiger partial charge in [-0.3, -0.25) is 9.59 Å². The van der Waals surface area contributed by atoms with Gasteiger partial charge in [0.15, 0.2) is 0 Å². The third-order valence-corrected chi connectivity index (χ3v) is 3.86. The van der Waals surface area contributed by atoms with Crippen molar-refractivity contribution in [2.24, 2.45) is 5.41 Å². The van der Waals surface area contributed by atoms with Crippen LogP contribution in [0.5, 0.6) is 0 Å². The number of rotatable bonds is 2. The first-order valence-corrected chi connectivity index (χ1v) is 5.90. The first kappa shape index (κ1) is 13.2. The zero-order valence-corrected chi connectivity index (χ0v) is 9.66. The lowest BCUT2D eigenvalue weighted by atomic mass is 9.87. The van der Waals surface area contributed by atoms with Crippen LogP contribution in [0.25, 0.3) is 0 Å². The molecule has 0 radical (unpaired) electrons. The van der Waals surface area contributed by atoms with E-state index in [1.807, 2.05) is 0 Å². The van der Waals surface area contributed by atoms with Crippen molar-refractivity contribution in [3.05, 3.63) is 0 Å². The third kappa shape index (κ3) is 2.06. The summed E-state index contributed by atoms with van der Waals surface area (Å²) in [7, 11) is 0. The summed E-state index contributed by atoms with van der Waals surface area (Å²) in [6.07, 6.45) is -2.71. The Morgan fingerprint density at radius 1 is 1.22 bits per heavy atom. The Hall–Kier alpha value is -1.27. The van der Waals surface area contributed by atoms with Crippen LogP contribution in [0.1, 0.15) is 32.1 Å². The van der Waals surface area contributed by atoms with Gasteiger partial charge in [-0.25, -0.2) is 0 Å². The second-order valence-corrected chi connectivity index (χ2v) is 4.97. The summed E-state index contributed by atoms with van der Waals surface area (Å²) < 4.78 is 37.4. The van der Waals surface area contributed by atoms with Crippen LogP contribution in [0.4, 0.5) is 13.2 Å². The predicted octanol–water partition coefficient (Wildman–Crippen LogP) is 1.79. The van der Waals surface area contributed by atoms with E-state index < -0.39 is 29.5 Å². The van der Waals surface area contributed by atoms with Crippen molar-refractivity contribution >= 4 is 11.9 Å². The molecule has 0 aromatic heterocycles. The Bertz CT molecular complexity index is 376. The van der Waals surface area contributed by atoms with E-state index >= 15 is 0 Å². The van der Waals surface area contributed by atoms with Gasteiger partial charge in [0, 0.05) is 12.6 Å². The van der Waals surface area contributed by atoms with E-state index in [1.54, 1.807) is 0 Å². The molecule has 1 amide bonds. The Morgan fingerprint density at radius 2 is 1.83 bits per heavy atom. The topological polar surface area (TPSA) is 57.6 Å². The summed E-state index contributed by atoms with van der Waals surface area (Å²) in [5.41, 5.74) is -1.14. The van der Waals surface area contributed by atoms with Gasteiger partial charge in [0.05, 0.1) is 5.41 Å². The molecule has 1 heterocycles. The van der Waals surface area contributed by atoms with Crippen LogP contribution in [-0.4, -0.2) is 40.6 Å². The van der Waals surface area contributed by atoms with E-state index in [1.165, 1.54) is 0 Å². The predicted molar refractivity (Wildman–Crippen MR) is 54.7 cm³/mol. The van der Waals surface area contributed by atoms with Crippen molar-refractivity contribution < 1.29 is 27.9 Å². The van der Waals surface area contributed by atoms with Crippen molar-refractivity contribution in [3.63, 3.8) is 0 Å². The van der Waals surface area contributed by atoms with E-state index in [-0.39, 0.29) is 6.54 Å². The largest absolute Gasteiger partial charge is 0.481 e. The van der Waals surface area contributed by atoms with Crippen molar-refractivity contribution in [3.8, 4) is 0 Å². The standard InChI is InChI=1S/C11H14F3NO3/c12-11(13,14)8(16)15-6-2-1-3-7(15)10(4-5-10)9(17)18/h7H,1-6H2,(H,17,18). The Kier molecular flexibility index (Phi) is 3.03. The molecule has 2 aliphatic rings. The number of amides is 1. The van der Waals surface area contributed by atoms with Crippen LogP contribution in [0.2, 0.25) is 0 Å². The molecular weight excluding hydrogens is 251 g/mol. The number of hydrogen-bond acceptors (Lipinski definition) is 2. The molecule has 0 bridgehead atoms. The number of piperidine rings is 1. The van der Waals surface area contributed by atoms with Gasteiger partial charge in [0.2, 0.25) is 0 Å². The highest BCUT2D eigenvalue weighted by Crippen LogP contribution is 2.53. The Labute approximate surface area is 102 Å². The van der Waals surface area contributed by atoms with E-state index in [4.69, 9.17) is 5.11 Å². The molecule has 4 nitrogen and oxygen atoms in total. The first-order chi connectivity index (χ1) is 8.29. The molecule has 0 spiro atoms. The molecule has 2 fully saturated rings. The summed E-state index contributed by atoms with van der Waals surface area (Å²) in [6.45, 7) is -0.00194. The quantitative estimate of drug-likeness (QED) is 0.828. The van der Waals surface area contributed by atoms with Gasteiger partial charge in [0.1, 0.15) is 0 Å². The molecule has 1 atom stereocenters. The van der Waals surface area contributed by atoms with Gasteiger partial charge >= 0.3 is 18.1 Å². The Balaban J connectivity index is 2.22. The van der Waals surface area contributed by atoms with Gasteiger partial charge in [-0.05, 0) is 32.1 Å². The molecule has 1 unspecified atom stereocenters. The molecule has 102 valence electrons. The fraction of sp³-hybridized carbons (Fsp3) is 0.818. The molecule has 1 N–H and O–H groups in total. The van der Waals surface area contributed by atoms with Crippen LogP contribution >= 0.6 is 0 Å².